The van der Waals surface area contributed by atoms with Crippen molar-refractivity contribution in [3.05, 3.63) is 51.0 Å². The maximum absolute atomic E-state index is 11.8. The largest absolute Gasteiger partial charge is 0.493 e. The standard InChI is InChI=1S/C12H11ClN2O2/c1-7-4-3-5-9(12(7)13)15-8(2)14-10(16)6-11(15)17/h3-6,16H,1-2H3. The molecule has 0 saturated carbocycles. The zero-order chi connectivity index (χ0) is 12.6. The van der Waals surface area contributed by atoms with Crippen molar-refractivity contribution < 1.29 is 5.11 Å². The Labute approximate surface area is 103 Å². The molecule has 1 heterocycles. The molecule has 0 aliphatic rings. The molecule has 0 saturated heterocycles. The van der Waals surface area contributed by atoms with Crippen molar-refractivity contribution >= 4 is 11.6 Å². The summed E-state index contributed by atoms with van der Waals surface area (Å²) in [7, 11) is 0. The van der Waals surface area contributed by atoms with Gasteiger partial charge in [-0.2, -0.15) is 0 Å². The number of aryl methyl sites for hydroxylation is 2. The van der Waals surface area contributed by atoms with Crippen LogP contribution in [0.5, 0.6) is 5.88 Å². The van der Waals surface area contributed by atoms with Crippen molar-refractivity contribution in [2.45, 2.75) is 13.8 Å². The number of halogens is 1. The lowest BCUT2D eigenvalue weighted by Crippen LogP contribution is -2.21. The summed E-state index contributed by atoms with van der Waals surface area (Å²) in [5.41, 5.74) is 1.09. The third kappa shape index (κ3) is 2.03. The molecule has 5 heteroatoms. The first-order chi connectivity index (χ1) is 8.00. The highest BCUT2D eigenvalue weighted by atomic mass is 35.5. The Kier molecular flexibility index (Phi) is 2.90. The fraction of sp³-hybridized carbons (Fsp3) is 0.167. The molecule has 0 radical (unpaired) electrons. The van der Waals surface area contributed by atoms with Gasteiger partial charge in [-0.3, -0.25) is 9.36 Å². The van der Waals surface area contributed by atoms with Gasteiger partial charge in [-0.1, -0.05) is 23.7 Å². The van der Waals surface area contributed by atoms with E-state index in [9.17, 15) is 9.90 Å². The normalized spacial score (nSPS) is 10.5. The maximum atomic E-state index is 11.8. The number of nitrogens with zero attached hydrogens (tertiary/aromatic N) is 2. The van der Waals surface area contributed by atoms with E-state index in [1.54, 1.807) is 13.0 Å². The molecule has 0 bridgehead atoms. The second kappa shape index (κ2) is 4.22. The van der Waals surface area contributed by atoms with E-state index in [0.717, 1.165) is 11.6 Å². The zero-order valence-corrected chi connectivity index (χ0v) is 10.2. The summed E-state index contributed by atoms with van der Waals surface area (Å²) < 4.78 is 1.37. The van der Waals surface area contributed by atoms with E-state index in [4.69, 9.17) is 11.6 Å². The van der Waals surface area contributed by atoms with Gasteiger partial charge in [-0.05, 0) is 25.5 Å². The summed E-state index contributed by atoms with van der Waals surface area (Å²) in [6.07, 6.45) is 0. The van der Waals surface area contributed by atoms with Gasteiger partial charge in [0.15, 0.2) is 0 Å². The van der Waals surface area contributed by atoms with Crippen molar-refractivity contribution in [2.24, 2.45) is 0 Å². The first-order valence-corrected chi connectivity index (χ1v) is 5.43. The van der Waals surface area contributed by atoms with Crippen LogP contribution in [0.15, 0.2) is 29.1 Å². The molecule has 4 nitrogen and oxygen atoms in total. The lowest BCUT2D eigenvalue weighted by molar-refractivity contribution is 0.447. The molecule has 88 valence electrons. The lowest BCUT2D eigenvalue weighted by Gasteiger charge is -2.11. The second-order valence-electron chi connectivity index (χ2n) is 3.74. The molecule has 0 spiro atoms. The minimum atomic E-state index is -0.359. The van der Waals surface area contributed by atoms with Gasteiger partial charge in [0.05, 0.1) is 16.8 Å². The predicted octanol–water partition coefficient (Wildman–Crippen LogP) is 2.21. The molecule has 0 aliphatic heterocycles. The smallest absolute Gasteiger partial charge is 0.261 e. The molecular formula is C12H11ClN2O2. The first kappa shape index (κ1) is 11.7. The highest BCUT2D eigenvalue weighted by Crippen LogP contribution is 2.23. The van der Waals surface area contributed by atoms with Gasteiger partial charge in [0.25, 0.3) is 5.56 Å². The molecule has 0 aliphatic carbocycles. The number of hydrogen-bond acceptors (Lipinski definition) is 3. The molecule has 2 aromatic rings. The van der Waals surface area contributed by atoms with Crippen LogP contribution in [0.25, 0.3) is 5.69 Å². The SMILES string of the molecule is Cc1cccc(-n2c(C)nc(O)cc2=O)c1Cl. The van der Waals surface area contributed by atoms with Crippen molar-refractivity contribution in [3.8, 4) is 11.6 Å². The molecule has 2 rings (SSSR count). The van der Waals surface area contributed by atoms with Gasteiger partial charge in [0.2, 0.25) is 5.88 Å². The summed E-state index contributed by atoms with van der Waals surface area (Å²) in [6.45, 7) is 3.50. The average molecular weight is 251 g/mol. The Hall–Kier alpha value is -1.81. The van der Waals surface area contributed by atoms with Crippen LogP contribution in [-0.2, 0) is 0 Å². The first-order valence-electron chi connectivity index (χ1n) is 5.06. The van der Waals surface area contributed by atoms with Gasteiger partial charge >= 0.3 is 0 Å². The van der Waals surface area contributed by atoms with E-state index in [-0.39, 0.29) is 11.4 Å². The second-order valence-corrected chi connectivity index (χ2v) is 4.12. The van der Waals surface area contributed by atoms with Crippen molar-refractivity contribution in [1.82, 2.24) is 9.55 Å². The van der Waals surface area contributed by atoms with Crippen molar-refractivity contribution in [2.75, 3.05) is 0 Å². The summed E-state index contributed by atoms with van der Waals surface area (Å²) in [5, 5.41) is 9.74. The molecule has 1 aromatic heterocycles. The number of aromatic nitrogens is 2. The van der Waals surface area contributed by atoms with Crippen molar-refractivity contribution in [3.63, 3.8) is 0 Å². The molecule has 0 unspecified atom stereocenters. The maximum Gasteiger partial charge on any atom is 0.261 e. The summed E-state index contributed by atoms with van der Waals surface area (Å²) in [5.74, 6) is 0.107. The highest BCUT2D eigenvalue weighted by Gasteiger charge is 2.10. The van der Waals surface area contributed by atoms with Gasteiger partial charge in [-0.15, -0.1) is 0 Å². The third-order valence-corrected chi connectivity index (χ3v) is 2.98. The fourth-order valence-electron chi connectivity index (χ4n) is 1.68. The Morgan fingerprint density at radius 3 is 2.71 bits per heavy atom. The van der Waals surface area contributed by atoms with E-state index in [0.29, 0.717) is 16.5 Å². The minimum absolute atomic E-state index is 0.285. The molecule has 1 N–H and O–H groups in total. The van der Waals surface area contributed by atoms with E-state index >= 15 is 0 Å². The number of hydrogen-bond donors (Lipinski definition) is 1. The molecular weight excluding hydrogens is 240 g/mol. The van der Waals surface area contributed by atoms with E-state index in [2.05, 4.69) is 4.98 Å². The van der Waals surface area contributed by atoms with Crippen LogP contribution in [0.2, 0.25) is 5.02 Å². The van der Waals surface area contributed by atoms with Gasteiger partial charge in [0, 0.05) is 0 Å². The van der Waals surface area contributed by atoms with Crippen LogP contribution in [0.4, 0.5) is 0 Å². The Morgan fingerprint density at radius 2 is 2.06 bits per heavy atom. The predicted molar refractivity (Wildman–Crippen MR) is 66.0 cm³/mol. The zero-order valence-electron chi connectivity index (χ0n) is 9.44. The quantitative estimate of drug-likeness (QED) is 0.844. The topological polar surface area (TPSA) is 55.1 Å². The summed E-state index contributed by atoms with van der Waals surface area (Å²) in [4.78, 5) is 15.7. The molecule has 0 amide bonds. The number of benzene rings is 1. The Balaban J connectivity index is 2.78. The minimum Gasteiger partial charge on any atom is -0.493 e. The number of aromatic hydroxyl groups is 1. The van der Waals surface area contributed by atoms with Crippen LogP contribution < -0.4 is 5.56 Å². The molecule has 17 heavy (non-hydrogen) atoms. The van der Waals surface area contributed by atoms with E-state index < -0.39 is 0 Å². The van der Waals surface area contributed by atoms with Gasteiger partial charge in [0.1, 0.15) is 5.82 Å². The Bertz CT molecular complexity index is 635. The number of rotatable bonds is 1. The van der Waals surface area contributed by atoms with Gasteiger partial charge in [-0.25, -0.2) is 4.98 Å². The highest BCUT2D eigenvalue weighted by molar-refractivity contribution is 6.33. The van der Waals surface area contributed by atoms with Crippen LogP contribution in [0.1, 0.15) is 11.4 Å². The fourth-order valence-corrected chi connectivity index (χ4v) is 1.89. The van der Waals surface area contributed by atoms with E-state index in [1.807, 2.05) is 19.1 Å². The van der Waals surface area contributed by atoms with Crippen LogP contribution in [0, 0.1) is 13.8 Å². The van der Waals surface area contributed by atoms with Gasteiger partial charge < -0.3 is 5.11 Å². The Morgan fingerprint density at radius 1 is 1.35 bits per heavy atom. The molecule has 1 aromatic carbocycles. The third-order valence-electron chi connectivity index (χ3n) is 2.49. The molecule has 0 fully saturated rings. The lowest BCUT2D eigenvalue weighted by atomic mass is 10.2. The van der Waals surface area contributed by atoms with Crippen molar-refractivity contribution in [1.29, 1.82) is 0 Å². The van der Waals surface area contributed by atoms with Crippen LogP contribution >= 0.6 is 11.6 Å². The summed E-state index contributed by atoms with van der Waals surface area (Å²) in [6, 6.07) is 6.48. The molecule has 0 atom stereocenters. The van der Waals surface area contributed by atoms with Crippen LogP contribution in [0.3, 0.4) is 0 Å². The average Bonchev–Trinajstić information content (AvgIpc) is 2.23. The van der Waals surface area contributed by atoms with Crippen LogP contribution in [-0.4, -0.2) is 14.7 Å². The van der Waals surface area contributed by atoms with E-state index in [1.165, 1.54) is 4.57 Å². The monoisotopic (exact) mass is 250 g/mol. The summed E-state index contributed by atoms with van der Waals surface area (Å²) >= 11 is 6.16.